The van der Waals surface area contributed by atoms with E-state index in [2.05, 4.69) is 5.32 Å². The quantitative estimate of drug-likeness (QED) is 0.809. The number of rotatable bonds is 7. The van der Waals surface area contributed by atoms with Gasteiger partial charge in [0.2, 0.25) is 0 Å². The average molecular weight is 301 g/mol. The first-order valence-electron chi connectivity index (χ1n) is 6.50. The van der Waals surface area contributed by atoms with Crippen molar-refractivity contribution in [3.63, 3.8) is 0 Å². The highest BCUT2D eigenvalue weighted by Gasteiger charge is 2.14. The van der Waals surface area contributed by atoms with Crippen LogP contribution < -0.4 is 20.5 Å². The molecule has 0 aromatic heterocycles. The minimum atomic E-state index is -0.181. The molecule has 1 rings (SSSR count). The molecule has 0 saturated heterocycles. The van der Waals surface area contributed by atoms with Crippen LogP contribution >= 0.6 is 11.6 Å². The smallest absolute Gasteiger partial charge is 0.258 e. The molecule has 0 spiro atoms. The van der Waals surface area contributed by atoms with E-state index >= 15 is 0 Å². The van der Waals surface area contributed by atoms with Gasteiger partial charge in [0.1, 0.15) is 0 Å². The second-order valence-electron chi connectivity index (χ2n) is 4.47. The molecular formula is C14H21ClN2O3. The summed E-state index contributed by atoms with van der Waals surface area (Å²) in [6, 6.07) is 3.45. The number of amides is 1. The molecule has 0 fully saturated rings. The van der Waals surface area contributed by atoms with Crippen LogP contribution in [-0.4, -0.2) is 25.7 Å². The summed E-state index contributed by atoms with van der Waals surface area (Å²) in [5.74, 6) is 0.743. The van der Waals surface area contributed by atoms with Crippen molar-refractivity contribution in [3.05, 3.63) is 22.7 Å². The largest absolute Gasteiger partial charge is 0.493 e. The Balaban J connectivity index is 2.78. The summed E-state index contributed by atoms with van der Waals surface area (Å²) in [6.07, 6.45) is 0.865. The highest BCUT2D eigenvalue weighted by Crippen LogP contribution is 2.34. The fourth-order valence-electron chi connectivity index (χ4n) is 1.65. The van der Waals surface area contributed by atoms with Gasteiger partial charge in [0.15, 0.2) is 18.1 Å². The first-order chi connectivity index (χ1) is 9.51. The number of nitrogens with one attached hydrogen (secondary N) is 1. The van der Waals surface area contributed by atoms with Crippen molar-refractivity contribution in [1.82, 2.24) is 5.32 Å². The molecule has 112 valence electrons. The van der Waals surface area contributed by atoms with Crippen molar-refractivity contribution in [2.75, 3.05) is 13.7 Å². The number of benzene rings is 1. The van der Waals surface area contributed by atoms with E-state index in [1.807, 2.05) is 13.8 Å². The Bertz CT molecular complexity index is 441. The number of carbonyl (C=O) groups is 1. The monoisotopic (exact) mass is 300 g/mol. The molecule has 1 aromatic carbocycles. The van der Waals surface area contributed by atoms with Gasteiger partial charge in [-0.05, 0) is 19.4 Å². The lowest BCUT2D eigenvalue weighted by atomic mass is 10.2. The van der Waals surface area contributed by atoms with Crippen LogP contribution in [0.4, 0.5) is 0 Å². The molecule has 3 N–H and O–H groups in total. The lowest BCUT2D eigenvalue weighted by molar-refractivity contribution is -0.123. The number of ether oxygens (including phenoxy) is 2. The molecule has 1 aromatic rings. The molecule has 1 unspecified atom stereocenters. The van der Waals surface area contributed by atoms with Crippen molar-refractivity contribution in [3.8, 4) is 11.5 Å². The number of methoxy groups -OCH3 is 1. The summed E-state index contributed by atoms with van der Waals surface area (Å²) in [7, 11) is 1.51. The number of carbonyl (C=O) groups excluding carboxylic acids is 1. The average Bonchev–Trinajstić information content (AvgIpc) is 2.44. The third kappa shape index (κ3) is 4.58. The summed E-state index contributed by atoms with van der Waals surface area (Å²) in [4.78, 5) is 11.7. The minimum Gasteiger partial charge on any atom is -0.493 e. The Morgan fingerprint density at radius 3 is 2.75 bits per heavy atom. The van der Waals surface area contributed by atoms with Gasteiger partial charge < -0.3 is 20.5 Å². The van der Waals surface area contributed by atoms with Crippen LogP contribution in [0.25, 0.3) is 0 Å². The van der Waals surface area contributed by atoms with Crippen LogP contribution in [0.3, 0.4) is 0 Å². The molecule has 20 heavy (non-hydrogen) atoms. The number of halogens is 1. The lowest BCUT2D eigenvalue weighted by Gasteiger charge is -2.16. The van der Waals surface area contributed by atoms with Crippen LogP contribution in [0.1, 0.15) is 25.8 Å². The van der Waals surface area contributed by atoms with Gasteiger partial charge in [0, 0.05) is 29.2 Å². The highest BCUT2D eigenvalue weighted by molar-refractivity contribution is 6.30. The van der Waals surface area contributed by atoms with Gasteiger partial charge in [-0.15, -0.1) is 0 Å². The van der Waals surface area contributed by atoms with Gasteiger partial charge in [-0.3, -0.25) is 4.79 Å². The maximum Gasteiger partial charge on any atom is 0.258 e. The number of hydrogen-bond acceptors (Lipinski definition) is 4. The second-order valence-corrected chi connectivity index (χ2v) is 4.90. The summed E-state index contributed by atoms with van der Waals surface area (Å²) in [5.41, 5.74) is 6.36. The molecule has 5 nitrogen and oxygen atoms in total. The molecule has 0 heterocycles. The predicted molar refractivity (Wildman–Crippen MR) is 79.3 cm³/mol. The maximum atomic E-state index is 11.7. The van der Waals surface area contributed by atoms with E-state index in [4.69, 9.17) is 26.8 Å². The molecule has 0 saturated carbocycles. The first kappa shape index (κ1) is 16.6. The molecule has 0 aliphatic rings. The normalized spacial score (nSPS) is 11.8. The Kier molecular flexibility index (Phi) is 6.61. The van der Waals surface area contributed by atoms with Crippen LogP contribution in [0.5, 0.6) is 11.5 Å². The van der Waals surface area contributed by atoms with E-state index in [9.17, 15) is 4.79 Å². The third-order valence-electron chi connectivity index (χ3n) is 2.90. The maximum absolute atomic E-state index is 11.7. The molecule has 0 radical (unpaired) electrons. The SMILES string of the molecule is CCC(C)NC(=O)COc1c(CN)cc(Cl)cc1OC. The van der Waals surface area contributed by atoms with Gasteiger partial charge in [-0.2, -0.15) is 0 Å². The molecule has 0 bridgehead atoms. The Morgan fingerprint density at radius 1 is 1.50 bits per heavy atom. The molecule has 0 aliphatic carbocycles. The Morgan fingerprint density at radius 2 is 2.20 bits per heavy atom. The zero-order valence-electron chi connectivity index (χ0n) is 12.0. The van der Waals surface area contributed by atoms with Crippen molar-refractivity contribution in [2.45, 2.75) is 32.9 Å². The number of hydrogen-bond donors (Lipinski definition) is 2. The fraction of sp³-hybridized carbons (Fsp3) is 0.500. The Hall–Kier alpha value is -1.46. The van der Waals surface area contributed by atoms with E-state index in [1.165, 1.54) is 7.11 Å². The van der Waals surface area contributed by atoms with Crippen LogP contribution in [0.2, 0.25) is 5.02 Å². The lowest BCUT2D eigenvalue weighted by Crippen LogP contribution is -2.35. The van der Waals surface area contributed by atoms with Crippen LogP contribution in [0.15, 0.2) is 12.1 Å². The van der Waals surface area contributed by atoms with E-state index in [0.29, 0.717) is 22.1 Å². The second kappa shape index (κ2) is 7.97. The van der Waals surface area contributed by atoms with Gasteiger partial charge in [0.05, 0.1) is 7.11 Å². The van der Waals surface area contributed by atoms with Crippen molar-refractivity contribution in [2.24, 2.45) is 5.73 Å². The predicted octanol–water partition coefficient (Wildman–Crippen LogP) is 2.10. The van der Waals surface area contributed by atoms with E-state index in [1.54, 1.807) is 12.1 Å². The molecular weight excluding hydrogens is 280 g/mol. The first-order valence-corrected chi connectivity index (χ1v) is 6.88. The molecule has 6 heteroatoms. The zero-order valence-corrected chi connectivity index (χ0v) is 12.8. The van der Waals surface area contributed by atoms with E-state index in [0.717, 1.165) is 6.42 Å². The topological polar surface area (TPSA) is 73.6 Å². The van der Waals surface area contributed by atoms with Crippen molar-refractivity contribution in [1.29, 1.82) is 0 Å². The van der Waals surface area contributed by atoms with E-state index < -0.39 is 0 Å². The van der Waals surface area contributed by atoms with Crippen molar-refractivity contribution >= 4 is 17.5 Å². The zero-order chi connectivity index (χ0) is 15.1. The molecule has 1 amide bonds. The summed E-state index contributed by atoms with van der Waals surface area (Å²) < 4.78 is 10.7. The van der Waals surface area contributed by atoms with Gasteiger partial charge in [0.25, 0.3) is 5.91 Å². The summed E-state index contributed by atoms with van der Waals surface area (Å²) in [5, 5.41) is 3.34. The summed E-state index contributed by atoms with van der Waals surface area (Å²) in [6.45, 7) is 4.10. The van der Waals surface area contributed by atoms with Gasteiger partial charge in [-0.1, -0.05) is 18.5 Å². The third-order valence-corrected chi connectivity index (χ3v) is 3.12. The summed E-state index contributed by atoms with van der Waals surface area (Å²) >= 11 is 5.96. The molecule has 1 atom stereocenters. The molecule has 0 aliphatic heterocycles. The van der Waals surface area contributed by atoms with Crippen LogP contribution in [-0.2, 0) is 11.3 Å². The number of nitrogens with two attached hydrogens (primary N) is 1. The minimum absolute atomic E-state index is 0.0880. The Labute approximate surface area is 124 Å². The highest BCUT2D eigenvalue weighted by atomic mass is 35.5. The van der Waals surface area contributed by atoms with Gasteiger partial charge >= 0.3 is 0 Å². The van der Waals surface area contributed by atoms with Crippen LogP contribution in [0, 0.1) is 0 Å². The van der Waals surface area contributed by atoms with E-state index in [-0.39, 0.29) is 25.1 Å². The van der Waals surface area contributed by atoms with Gasteiger partial charge in [-0.25, -0.2) is 0 Å². The fourth-order valence-corrected chi connectivity index (χ4v) is 1.88. The van der Waals surface area contributed by atoms with Crippen molar-refractivity contribution < 1.29 is 14.3 Å². The standard InChI is InChI=1S/C14H21ClN2O3/c1-4-9(2)17-13(18)8-20-14-10(7-16)5-11(15)6-12(14)19-3/h5-6,9H,4,7-8,16H2,1-3H3,(H,17,18).